The number of hydrogen-bond donors (Lipinski definition) is 1. The van der Waals surface area contributed by atoms with Crippen LogP contribution in [0.15, 0.2) is 53.3 Å². The van der Waals surface area contributed by atoms with Crippen LogP contribution in [0.2, 0.25) is 0 Å². The second-order valence-electron chi connectivity index (χ2n) is 5.46. The molecule has 2 heterocycles. The lowest BCUT2D eigenvalue weighted by atomic mass is 10.2. The molecule has 0 fully saturated rings. The first-order valence-electron chi connectivity index (χ1n) is 7.63. The monoisotopic (exact) mass is 392 g/mol. The molecule has 1 aromatic carbocycles. The molecule has 0 unspecified atom stereocenters. The lowest BCUT2D eigenvalue weighted by Gasteiger charge is -2.07. The summed E-state index contributed by atoms with van der Waals surface area (Å²) in [6.07, 6.45) is -3.21. The zero-order valence-electron chi connectivity index (χ0n) is 14.0. The lowest BCUT2D eigenvalue weighted by molar-refractivity contribution is -0.141. The predicted octanol–water partition coefficient (Wildman–Crippen LogP) is 3.52. The van der Waals surface area contributed by atoms with Crippen LogP contribution >= 0.6 is 0 Å². The van der Waals surface area contributed by atoms with E-state index in [1.54, 1.807) is 12.1 Å². The largest absolute Gasteiger partial charge is 0.478 e. The van der Waals surface area contributed by atoms with E-state index in [1.807, 2.05) is 0 Å². The number of halogens is 3. The maximum Gasteiger partial charge on any atom is 0.434 e. The standard InChI is InChI=1S/C17H11F3N4O4/c1-9(16(25)26)6-13-23-15(24-28-13)10-2-4-11(5-3-10)27-14-8-21-12(7-22-14)17(18,19)20/h2-5,7-8H,1,6H2,(H,25,26). The fourth-order valence-electron chi connectivity index (χ4n) is 2.01. The van der Waals surface area contributed by atoms with E-state index in [1.165, 1.54) is 12.1 Å². The zero-order chi connectivity index (χ0) is 20.3. The van der Waals surface area contributed by atoms with Crippen molar-refractivity contribution in [1.82, 2.24) is 20.1 Å². The van der Waals surface area contributed by atoms with Gasteiger partial charge in [-0.15, -0.1) is 0 Å². The number of carboxylic acids is 1. The SMILES string of the molecule is C=C(Cc1nc(-c2ccc(Oc3cnc(C(F)(F)F)cn3)cc2)no1)C(=O)O. The third-order valence-corrected chi connectivity index (χ3v) is 3.39. The average Bonchev–Trinajstić information content (AvgIpc) is 3.10. The molecule has 0 aliphatic heterocycles. The molecular weight excluding hydrogens is 381 g/mol. The van der Waals surface area contributed by atoms with Gasteiger partial charge in [0.2, 0.25) is 17.6 Å². The lowest BCUT2D eigenvalue weighted by Crippen LogP contribution is -2.08. The van der Waals surface area contributed by atoms with Crippen LogP contribution in [0.4, 0.5) is 13.2 Å². The van der Waals surface area contributed by atoms with Gasteiger partial charge >= 0.3 is 12.1 Å². The van der Waals surface area contributed by atoms with Crippen LogP contribution in [0, 0.1) is 0 Å². The van der Waals surface area contributed by atoms with Crippen LogP contribution in [0.5, 0.6) is 11.6 Å². The van der Waals surface area contributed by atoms with E-state index in [4.69, 9.17) is 14.4 Å². The minimum atomic E-state index is -4.58. The van der Waals surface area contributed by atoms with Gasteiger partial charge < -0.3 is 14.4 Å². The van der Waals surface area contributed by atoms with Gasteiger partial charge in [0.15, 0.2) is 5.69 Å². The Balaban J connectivity index is 1.68. The highest BCUT2D eigenvalue weighted by atomic mass is 19.4. The summed E-state index contributed by atoms with van der Waals surface area (Å²) >= 11 is 0. The van der Waals surface area contributed by atoms with Gasteiger partial charge in [0.1, 0.15) is 5.75 Å². The molecule has 8 nitrogen and oxygen atoms in total. The minimum Gasteiger partial charge on any atom is -0.478 e. The van der Waals surface area contributed by atoms with Gasteiger partial charge in [-0.2, -0.15) is 18.2 Å². The zero-order valence-corrected chi connectivity index (χ0v) is 14.0. The fraction of sp³-hybridized carbons (Fsp3) is 0.118. The molecule has 0 amide bonds. The molecule has 0 atom stereocenters. The van der Waals surface area contributed by atoms with Crippen molar-refractivity contribution in [2.24, 2.45) is 0 Å². The van der Waals surface area contributed by atoms with Crippen molar-refractivity contribution < 1.29 is 32.3 Å². The number of carboxylic acid groups (broad SMARTS) is 1. The second-order valence-corrected chi connectivity index (χ2v) is 5.46. The number of benzene rings is 1. The quantitative estimate of drug-likeness (QED) is 0.635. The van der Waals surface area contributed by atoms with Crippen molar-refractivity contribution in [2.45, 2.75) is 12.6 Å². The van der Waals surface area contributed by atoms with Crippen molar-refractivity contribution in [1.29, 1.82) is 0 Å². The summed E-state index contributed by atoms with van der Waals surface area (Å²) in [7, 11) is 0. The van der Waals surface area contributed by atoms with E-state index in [0.29, 0.717) is 17.5 Å². The Kier molecular flexibility index (Phi) is 5.07. The first-order chi connectivity index (χ1) is 13.2. The summed E-state index contributed by atoms with van der Waals surface area (Å²) in [5.41, 5.74) is -0.646. The number of nitrogens with zero attached hydrogens (tertiary/aromatic N) is 4. The van der Waals surface area contributed by atoms with E-state index < -0.39 is 17.8 Å². The summed E-state index contributed by atoms with van der Waals surface area (Å²) < 4.78 is 47.7. The van der Waals surface area contributed by atoms with Gasteiger partial charge in [0.05, 0.1) is 18.8 Å². The molecule has 0 radical (unpaired) electrons. The molecule has 3 aromatic rings. The first-order valence-corrected chi connectivity index (χ1v) is 7.63. The van der Waals surface area contributed by atoms with E-state index in [2.05, 4.69) is 26.7 Å². The van der Waals surface area contributed by atoms with E-state index >= 15 is 0 Å². The summed E-state index contributed by atoms with van der Waals surface area (Å²) in [6, 6.07) is 6.24. The van der Waals surface area contributed by atoms with Crippen molar-refractivity contribution >= 4 is 5.97 Å². The van der Waals surface area contributed by atoms with E-state index in [-0.39, 0.29) is 29.6 Å². The van der Waals surface area contributed by atoms with Crippen molar-refractivity contribution in [3.05, 3.63) is 60.4 Å². The second kappa shape index (κ2) is 7.47. The van der Waals surface area contributed by atoms with Crippen LogP contribution in [0.1, 0.15) is 11.6 Å². The summed E-state index contributed by atoms with van der Waals surface area (Å²) in [5, 5.41) is 12.6. The van der Waals surface area contributed by atoms with Gasteiger partial charge in [-0.3, -0.25) is 0 Å². The maximum atomic E-state index is 12.5. The molecule has 28 heavy (non-hydrogen) atoms. The molecule has 2 aromatic heterocycles. The Bertz CT molecular complexity index is 998. The number of rotatable bonds is 6. The number of carbonyl (C=O) groups is 1. The van der Waals surface area contributed by atoms with Crippen LogP contribution in [-0.4, -0.2) is 31.2 Å². The van der Waals surface area contributed by atoms with Gasteiger partial charge in [0, 0.05) is 11.1 Å². The number of ether oxygens (including phenoxy) is 1. The highest BCUT2D eigenvalue weighted by molar-refractivity contribution is 5.86. The van der Waals surface area contributed by atoms with Crippen LogP contribution < -0.4 is 4.74 Å². The molecular formula is C17H11F3N4O4. The molecule has 3 rings (SSSR count). The molecule has 0 aliphatic rings. The average molecular weight is 392 g/mol. The van der Waals surface area contributed by atoms with Gasteiger partial charge in [-0.1, -0.05) is 11.7 Å². The Morgan fingerprint density at radius 3 is 2.46 bits per heavy atom. The van der Waals surface area contributed by atoms with Crippen LogP contribution in [-0.2, 0) is 17.4 Å². The number of aliphatic carboxylic acids is 1. The van der Waals surface area contributed by atoms with Crippen molar-refractivity contribution in [2.75, 3.05) is 0 Å². The van der Waals surface area contributed by atoms with Gasteiger partial charge in [-0.25, -0.2) is 14.8 Å². The van der Waals surface area contributed by atoms with Gasteiger partial charge in [0.25, 0.3) is 0 Å². The Morgan fingerprint density at radius 1 is 1.18 bits per heavy atom. The van der Waals surface area contributed by atoms with Crippen molar-refractivity contribution in [3.63, 3.8) is 0 Å². The molecule has 0 saturated heterocycles. The highest BCUT2D eigenvalue weighted by Gasteiger charge is 2.32. The maximum absolute atomic E-state index is 12.5. The molecule has 0 spiro atoms. The Labute approximate surface area is 155 Å². The molecule has 1 N–H and O–H groups in total. The van der Waals surface area contributed by atoms with Crippen LogP contribution in [0.3, 0.4) is 0 Å². The number of alkyl halides is 3. The summed E-state index contributed by atoms with van der Waals surface area (Å²) in [4.78, 5) is 21.7. The highest BCUT2D eigenvalue weighted by Crippen LogP contribution is 2.28. The predicted molar refractivity (Wildman–Crippen MR) is 87.3 cm³/mol. The fourth-order valence-corrected chi connectivity index (χ4v) is 2.01. The minimum absolute atomic E-state index is 0.0865. The number of aromatic nitrogens is 4. The first kappa shape index (κ1) is 19.0. The molecule has 144 valence electrons. The Hall–Kier alpha value is -3.76. The normalized spacial score (nSPS) is 11.2. The van der Waals surface area contributed by atoms with Crippen LogP contribution in [0.25, 0.3) is 11.4 Å². The third-order valence-electron chi connectivity index (χ3n) is 3.39. The van der Waals surface area contributed by atoms with Crippen molar-refractivity contribution in [3.8, 4) is 23.0 Å². The summed E-state index contributed by atoms with van der Waals surface area (Å²) in [6.45, 7) is 3.38. The molecule has 0 aliphatic carbocycles. The molecule has 11 heteroatoms. The topological polar surface area (TPSA) is 111 Å². The third kappa shape index (κ3) is 4.50. The van der Waals surface area contributed by atoms with Gasteiger partial charge in [-0.05, 0) is 24.3 Å². The smallest absolute Gasteiger partial charge is 0.434 e. The number of hydrogen-bond acceptors (Lipinski definition) is 7. The Morgan fingerprint density at radius 2 is 1.89 bits per heavy atom. The molecule has 0 saturated carbocycles. The van der Waals surface area contributed by atoms with E-state index in [0.717, 1.165) is 6.20 Å². The molecule has 0 bridgehead atoms. The van der Waals surface area contributed by atoms with E-state index in [9.17, 15) is 18.0 Å². The summed E-state index contributed by atoms with van der Waals surface area (Å²) in [5.74, 6) is -0.625.